The number of ether oxygens (including phenoxy) is 1. The van der Waals surface area contributed by atoms with Gasteiger partial charge in [-0.1, -0.05) is 25.1 Å². The Kier molecular flexibility index (Phi) is 6.36. The molecule has 0 heterocycles. The molecule has 1 amide bonds. The lowest BCUT2D eigenvalue weighted by Crippen LogP contribution is -2.29. The first-order valence-electron chi connectivity index (χ1n) is 6.76. The highest BCUT2D eigenvalue weighted by atomic mass is 16.5. The lowest BCUT2D eigenvalue weighted by molar-refractivity contribution is -0.122. The van der Waals surface area contributed by atoms with E-state index in [-0.39, 0.29) is 18.0 Å². The summed E-state index contributed by atoms with van der Waals surface area (Å²) >= 11 is 0. The highest BCUT2D eigenvalue weighted by Gasteiger charge is 2.16. The fourth-order valence-corrected chi connectivity index (χ4v) is 1.98. The fraction of sp³-hybridized carbons (Fsp3) is 0.533. The van der Waals surface area contributed by atoms with Crippen LogP contribution in [-0.4, -0.2) is 19.1 Å². The van der Waals surface area contributed by atoms with E-state index in [1.165, 1.54) is 0 Å². The Hall–Kier alpha value is -1.55. The molecule has 1 rings (SSSR count). The van der Waals surface area contributed by atoms with Crippen molar-refractivity contribution in [2.24, 2.45) is 5.73 Å². The molecule has 0 saturated heterocycles. The van der Waals surface area contributed by atoms with Gasteiger partial charge in [0.25, 0.3) is 0 Å². The lowest BCUT2D eigenvalue weighted by atomic mass is 10.0. The van der Waals surface area contributed by atoms with E-state index in [1.807, 2.05) is 38.1 Å². The topological polar surface area (TPSA) is 64.4 Å². The number of nitrogens with one attached hydrogen (secondary N) is 1. The van der Waals surface area contributed by atoms with Gasteiger partial charge in [0, 0.05) is 18.0 Å². The molecule has 0 aliphatic rings. The Labute approximate surface area is 115 Å². The van der Waals surface area contributed by atoms with Gasteiger partial charge in [-0.05, 0) is 25.8 Å². The van der Waals surface area contributed by atoms with Gasteiger partial charge in [-0.3, -0.25) is 4.79 Å². The second-order valence-corrected chi connectivity index (χ2v) is 4.79. The van der Waals surface area contributed by atoms with Crippen LogP contribution >= 0.6 is 0 Å². The summed E-state index contributed by atoms with van der Waals surface area (Å²) < 4.78 is 5.34. The molecule has 4 nitrogen and oxygen atoms in total. The third kappa shape index (κ3) is 4.91. The molecule has 3 N–H and O–H groups in total. The average Bonchev–Trinajstić information content (AvgIpc) is 2.42. The van der Waals surface area contributed by atoms with Crippen molar-refractivity contribution in [2.75, 3.05) is 7.11 Å². The maximum Gasteiger partial charge on any atom is 0.220 e. The van der Waals surface area contributed by atoms with Gasteiger partial charge in [-0.2, -0.15) is 0 Å². The zero-order valence-electron chi connectivity index (χ0n) is 12.0. The molecule has 0 aliphatic carbocycles. The van der Waals surface area contributed by atoms with Crippen LogP contribution in [0, 0.1) is 0 Å². The molecule has 0 aromatic heterocycles. The third-order valence-electron chi connectivity index (χ3n) is 3.08. The van der Waals surface area contributed by atoms with E-state index < -0.39 is 0 Å². The monoisotopic (exact) mass is 264 g/mol. The van der Waals surface area contributed by atoms with Crippen LogP contribution in [0.1, 0.15) is 44.7 Å². The SMILES string of the molecule is CCC(NC(=O)CCC(C)N)c1ccccc1OC. The Morgan fingerprint density at radius 1 is 1.42 bits per heavy atom. The van der Waals surface area contributed by atoms with Gasteiger partial charge in [-0.25, -0.2) is 0 Å². The van der Waals surface area contributed by atoms with Crippen LogP contribution in [-0.2, 0) is 4.79 Å². The van der Waals surface area contributed by atoms with E-state index in [0.717, 1.165) is 17.7 Å². The van der Waals surface area contributed by atoms with Crippen LogP contribution in [0.3, 0.4) is 0 Å². The van der Waals surface area contributed by atoms with Crippen molar-refractivity contribution in [1.82, 2.24) is 5.32 Å². The molecule has 0 fully saturated rings. The summed E-state index contributed by atoms with van der Waals surface area (Å²) in [5, 5.41) is 3.04. The number of amides is 1. The molecule has 19 heavy (non-hydrogen) atoms. The van der Waals surface area contributed by atoms with Crippen molar-refractivity contribution in [3.05, 3.63) is 29.8 Å². The summed E-state index contributed by atoms with van der Waals surface area (Å²) in [5.74, 6) is 0.844. The first-order chi connectivity index (χ1) is 9.08. The summed E-state index contributed by atoms with van der Waals surface area (Å²) in [5.41, 5.74) is 6.68. The maximum absolute atomic E-state index is 11.9. The smallest absolute Gasteiger partial charge is 0.220 e. The molecule has 0 aliphatic heterocycles. The molecule has 1 aromatic rings. The zero-order chi connectivity index (χ0) is 14.3. The summed E-state index contributed by atoms with van der Waals surface area (Å²) in [4.78, 5) is 11.9. The van der Waals surface area contributed by atoms with E-state index in [1.54, 1.807) is 7.11 Å². The van der Waals surface area contributed by atoms with Gasteiger partial charge in [-0.15, -0.1) is 0 Å². The number of rotatable bonds is 7. The minimum Gasteiger partial charge on any atom is -0.496 e. The standard InChI is InChI=1S/C15H24N2O2/c1-4-13(17-15(18)10-9-11(2)16)12-7-5-6-8-14(12)19-3/h5-8,11,13H,4,9-10,16H2,1-3H3,(H,17,18). The van der Waals surface area contributed by atoms with Gasteiger partial charge in [0.15, 0.2) is 0 Å². The van der Waals surface area contributed by atoms with Crippen LogP contribution in [0.4, 0.5) is 0 Å². The Balaban J connectivity index is 2.70. The van der Waals surface area contributed by atoms with E-state index in [4.69, 9.17) is 10.5 Å². The van der Waals surface area contributed by atoms with E-state index >= 15 is 0 Å². The minimum absolute atomic E-state index is 0.0169. The average molecular weight is 264 g/mol. The van der Waals surface area contributed by atoms with E-state index in [2.05, 4.69) is 5.32 Å². The van der Waals surface area contributed by atoms with Gasteiger partial charge < -0.3 is 15.8 Å². The summed E-state index contributed by atoms with van der Waals surface area (Å²) in [6, 6.07) is 7.81. The van der Waals surface area contributed by atoms with E-state index in [9.17, 15) is 4.79 Å². The molecule has 4 heteroatoms. The van der Waals surface area contributed by atoms with Crippen molar-refractivity contribution in [1.29, 1.82) is 0 Å². The molecule has 0 bridgehead atoms. The number of hydrogen-bond donors (Lipinski definition) is 2. The van der Waals surface area contributed by atoms with Crippen molar-refractivity contribution in [3.63, 3.8) is 0 Å². The van der Waals surface area contributed by atoms with Crippen molar-refractivity contribution >= 4 is 5.91 Å². The number of carbonyl (C=O) groups is 1. The molecule has 0 saturated carbocycles. The largest absolute Gasteiger partial charge is 0.496 e. The summed E-state index contributed by atoms with van der Waals surface area (Å²) in [6.07, 6.45) is 1.99. The van der Waals surface area contributed by atoms with Crippen LogP contribution in [0.5, 0.6) is 5.75 Å². The second kappa shape index (κ2) is 7.79. The third-order valence-corrected chi connectivity index (χ3v) is 3.08. The molecular weight excluding hydrogens is 240 g/mol. The van der Waals surface area contributed by atoms with Gasteiger partial charge in [0.2, 0.25) is 5.91 Å². The predicted octanol–water partition coefficient (Wildman–Crippen LogP) is 2.39. The quantitative estimate of drug-likeness (QED) is 0.794. The molecule has 1 aromatic carbocycles. The van der Waals surface area contributed by atoms with Crippen LogP contribution < -0.4 is 15.8 Å². The maximum atomic E-state index is 11.9. The molecule has 106 valence electrons. The van der Waals surface area contributed by atoms with Gasteiger partial charge >= 0.3 is 0 Å². The fourth-order valence-electron chi connectivity index (χ4n) is 1.98. The van der Waals surface area contributed by atoms with Crippen LogP contribution in [0.25, 0.3) is 0 Å². The van der Waals surface area contributed by atoms with Gasteiger partial charge in [0.1, 0.15) is 5.75 Å². The van der Waals surface area contributed by atoms with Crippen molar-refractivity contribution < 1.29 is 9.53 Å². The molecule has 0 spiro atoms. The highest BCUT2D eigenvalue weighted by Crippen LogP contribution is 2.26. The Morgan fingerprint density at radius 3 is 2.68 bits per heavy atom. The van der Waals surface area contributed by atoms with Crippen LogP contribution in [0.2, 0.25) is 0 Å². The van der Waals surface area contributed by atoms with Crippen molar-refractivity contribution in [3.8, 4) is 5.75 Å². The molecule has 2 unspecified atom stereocenters. The predicted molar refractivity (Wildman–Crippen MR) is 77.1 cm³/mol. The van der Waals surface area contributed by atoms with Gasteiger partial charge in [0.05, 0.1) is 13.2 Å². The molecular formula is C15H24N2O2. The highest BCUT2D eigenvalue weighted by molar-refractivity contribution is 5.76. The number of nitrogens with two attached hydrogens (primary N) is 1. The molecule has 0 radical (unpaired) electrons. The number of carbonyl (C=O) groups excluding carboxylic acids is 1. The van der Waals surface area contributed by atoms with E-state index in [0.29, 0.717) is 12.8 Å². The minimum atomic E-state index is -0.0169. The van der Waals surface area contributed by atoms with Crippen molar-refractivity contribution in [2.45, 2.75) is 45.2 Å². The number of benzene rings is 1. The second-order valence-electron chi connectivity index (χ2n) is 4.79. The number of methoxy groups -OCH3 is 1. The molecule has 2 atom stereocenters. The summed E-state index contributed by atoms with van der Waals surface area (Å²) in [7, 11) is 1.64. The summed E-state index contributed by atoms with van der Waals surface area (Å²) in [6.45, 7) is 3.95. The van der Waals surface area contributed by atoms with Crippen LogP contribution in [0.15, 0.2) is 24.3 Å². The lowest BCUT2D eigenvalue weighted by Gasteiger charge is -2.20. The normalized spacial score (nSPS) is 13.7. The number of hydrogen-bond acceptors (Lipinski definition) is 3. The Morgan fingerprint density at radius 2 is 2.11 bits per heavy atom. The Bertz CT molecular complexity index is 405. The first-order valence-corrected chi connectivity index (χ1v) is 6.76. The first kappa shape index (κ1) is 15.5. The number of para-hydroxylation sites is 1. The zero-order valence-corrected chi connectivity index (χ0v) is 12.0.